The highest BCUT2D eigenvalue weighted by atomic mass is 16.2. The molecular weight excluding hydrogens is 238 g/mol. The summed E-state index contributed by atoms with van der Waals surface area (Å²) in [7, 11) is 1.82. The standard InChI is InChI=1S/C15H17N3O/c1-18(12-5-2-10(9-16)3-6-12)15(19)13-8-11-4-7-14(13)17-11/h2-3,5-6,11,13-14,17H,4,7-8H2,1H3. The van der Waals surface area contributed by atoms with Crippen molar-refractivity contribution >= 4 is 11.6 Å². The van der Waals surface area contributed by atoms with Gasteiger partial charge in [-0.25, -0.2) is 0 Å². The Bertz CT molecular complexity index is 531. The van der Waals surface area contributed by atoms with Gasteiger partial charge in [-0.2, -0.15) is 5.26 Å². The summed E-state index contributed by atoms with van der Waals surface area (Å²) in [6, 6.07) is 10.1. The molecule has 4 nitrogen and oxygen atoms in total. The summed E-state index contributed by atoms with van der Waals surface area (Å²) in [6.07, 6.45) is 3.28. The molecule has 0 radical (unpaired) electrons. The number of amides is 1. The molecule has 2 saturated heterocycles. The van der Waals surface area contributed by atoms with E-state index in [9.17, 15) is 4.79 Å². The van der Waals surface area contributed by atoms with Crippen LogP contribution in [0.4, 0.5) is 5.69 Å². The summed E-state index contributed by atoms with van der Waals surface area (Å²) in [5, 5.41) is 12.3. The van der Waals surface area contributed by atoms with Crippen LogP contribution in [0.5, 0.6) is 0 Å². The molecule has 2 heterocycles. The third-order valence-corrected chi connectivity index (χ3v) is 4.33. The van der Waals surface area contributed by atoms with E-state index in [4.69, 9.17) is 5.26 Å². The van der Waals surface area contributed by atoms with Gasteiger partial charge in [0.2, 0.25) is 5.91 Å². The number of fused-ring (bicyclic) bond motifs is 2. The third-order valence-electron chi connectivity index (χ3n) is 4.33. The average Bonchev–Trinajstić information content (AvgIpc) is 3.08. The first-order chi connectivity index (χ1) is 9.19. The van der Waals surface area contributed by atoms with Crippen LogP contribution < -0.4 is 10.2 Å². The van der Waals surface area contributed by atoms with Gasteiger partial charge in [-0.15, -0.1) is 0 Å². The molecule has 0 spiro atoms. The van der Waals surface area contributed by atoms with Gasteiger partial charge in [0.1, 0.15) is 0 Å². The zero-order valence-electron chi connectivity index (χ0n) is 11.0. The van der Waals surface area contributed by atoms with Crippen molar-refractivity contribution in [2.24, 2.45) is 5.92 Å². The van der Waals surface area contributed by atoms with Gasteiger partial charge in [0.15, 0.2) is 0 Å². The first-order valence-electron chi connectivity index (χ1n) is 6.73. The predicted molar refractivity (Wildman–Crippen MR) is 72.6 cm³/mol. The molecular formula is C15H17N3O. The van der Waals surface area contributed by atoms with Gasteiger partial charge in [-0.05, 0) is 43.5 Å². The van der Waals surface area contributed by atoms with Crippen LogP contribution in [0.15, 0.2) is 24.3 Å². The Labute approximate surface area is 113 Å². The molecule has 2 bridgehead atoms. The molecule has 2 aliphatic heterocycles. The van der Waals surface area contributed by atoms with E-state index in [0.29, 0.717) is 17.6 Å². The molecule has 4 heteroatoms. The Hall–Kier alpha value is -1.86. The molecule has 0 aliphatic carbocycles. The molecule has 98 valence electrons. The average molecular weight is 255 g/mol. The quantitative estimate of drug-likeness (QED) is 0.874. The summed E-state index contributed by atoms with van der Waals surface area (Å²) in [4.78, 5) is 14.2. The van der Waals surface area contributed by atoms with Crippen LogP contribution in [-0.2, 0) is 4.79 Å². The van der Waals surface area contributed by atoms with Crippen LogP contribution in [-0.4, -0.2) is 25.0 Å². The Morgan fingerprint density at radius 1 is 1.37 bits per heavy atom. The maximum absolute atomic E-state index is 12.5. The second-order valence-corrected chi connectivity index (χ2v) is 5.45. The zero-order valence-corrected chi connectivity index (χ0v) is 11.0. The molecule has 2 aliphatic rings. The van der Waals surface area contributed by atoms with Crippen LogP contribution >= 0.6 is 0 Å². The molecule has 3 rings (SSSR count). The van der Waals surface area contributed by atoms with Gasteiger partial charge >= 0.3 is 0 Å². The second-order valence-electron chi connectivity index (χ2n) is 5.45. The first-order valence-corrected chi connectivity index (χ1v) is 6.73. The van der Waals surface area contributed by atoms with Crippen molar-refractivity contribution in [1.82, 2.24) is 5.32 Å². The molecule has 3 unspecified atom stereocenters. The number of rotatable bonds is 2. The number of hydrogen-bond acceptors (Lipinski definition) is 3. The third kappa shape index (κ3) is 2.11. The Kier molecular flexibility index (Phi) is 3.00. The minimum atomic E-state index is 0.111. The van der Waals surface area contributed by atoms with Crippen molar-refractivity contribution in [3.63, 3.8) is 0 Å². The SMILES string of the molecule is CN(C(=O)C1CC2CCC1N2)c1ccc(C#N)cc1. The van der Waals surface area contributed by atoms with Crippen molar-refractivity contribution in [1.29, 1.82) is 5.26 Å². The molecule has 3 atom stereocenters. The van der Waals surface area contributed by atoms with Crippen LogP contribution in [0, 0.1) is 17.2 Å². The topological polar surface area (TPSA) is 56.1 Å². The fourth-order valence-electron chi connectivity index (χ4n) is 3.23. The monoisotopic (exact) mass is 255 g/mol. The predicted octanol–water partition coefficient (Wildman–Crippen LogP) is 1.66. The summed E-state index contributed by atoms with van der Waals surface area (Å²) >= 11 is 0. The molecule has 1 aromatic carbocycles. The van der Waals surface area contributed by atoms with Gasteiger partial charge in [-0.1, -0.05) is 0 Å². The van der Waals surface area contributed by atoms with E-state index >= 15 is 0 Å². The highest BCUT2D eigenvalue weighted by molar-refractivity contribution is 5.95. The maximum Gasteiger partial charge on any atom is 0.231 e. The summed E-state index contributed by atoms with van der Waals surface area (Å²) in [6.45, 7) is 0. The number of carbonyl (C=O) groups is 1. The summed E-state index contributed by atoms with van der Waals surface area (Å²) < 4.78 is 0. The lowest BCUT2D eigenvalue weighted by atomic mass is 9.88. The minimum Gasteiger partial charge on any atom is -0.315 e. The number of anilines is 1. The summed E-state index contributed by atoms with van der Waals surface area (Å²) in [5.74, 6) is 0.295. The minimum absolute atomic E-state index is 0.111. The van der Waals surface area contributed by atoms with Gasteiger partial charge in [-0.3, -0.25) is 4.79 Å². The molecule has 0 saturated carbocycles. The lowest BCUT2D eigenvalue weighted by molar-refractivity contribution is -0.122. The number of nitriles is 1. The maximum atomic E-state index is 12.5. The lowest BCUT2D eigenvalue weighted by Crippen LogP contribution is -2.38. The molecule has 1 N–H and O–H groups in total. The van der Waals surface area contributed by atoms with E-state index in [1.54, 1.807) is 17.0 Å². The van der Waals surface area contributed by atoms with E-state index in [1.807, 2.05) is 19.2 Å². The number of nitrogens with one attached hydrogen (secondary N) is 1. The second kappa shape index (κ2) is 4.67. The fraction of sp³-hybridized carbons (Fsp3) is 0.467. The molecule has 0 aromatic heterocycles. The van der Waals surface area contributed by atoms with Crippen LogP contribution in [0.2, 0.25) is 0 Å². The molecule has 1 aromatic rings. The highest BCUT2D eigenvalue weighted by Gasteiger charge is 2.43. The van der Waals surface area contributed by atoms with E-state index < -0.39 is 0 Å². The van der Waals surface area contributed by atoms with Gasteiger partial charge in [0.25, 0.3) is 0 Å². The van der Waals surface area contributed by atoms with Crippen molar-refractivity contribution in [3.05, 3.63) is 29.8 Å². The van der Waals surface area contributed by atoms with Crippen molar-refractivity contribution in [2.45, 2.75) is 31.3 Å². The number of carbonyl (C=O) groups excluding carboxylic acids is 1. The number of nitrogens with zero attached hydrogens (tertiary/aromatic N) is 2. The first kappa shape index (κ1) is 12.2. The van der Waals surface area contributed by atoms with Crippen molar-refractivity contribution in [3.8, 4) is 6.07 Å². The summed E-state index contributed by atoms with van der Waals surface area (Å²) in [5.41, 5.74) is 1.47. The number of hydrogen-bond donors (Lipinski definition) is 1. The fourth-order valence-corrected chi connectivity index (χ4v) is 3.23. The zero-order chi connectivity index (χ0) is 13.4. The van der Waals surface area contributed by atoms with Gasteiger partial charge in [0, 0.05) is 24.8 Å². The van der Waals surface area contributed by atoms with Gasteiger partial charge in [0.05, 0.1) is 17.6 Å². The normalized spacial score (nSPS) is 28.1. The van der Waals surface area contributed by atoms with E-state index in [-0.39, 0.29) is 11.8 Å². The highest BCUT2D eigenvalue weighted by Crippen LogP contribution is 2.34. The van der Waals surface area contributed by atoms with Crippen molar-refractivity contribution in [2.75, 3.05) is 11.9 Å². The van der Waals surface area contributed by atoms with E-state index in [2.05, 4.69) is 11.4 Å². The van der Waals surface area contributed by atoms with Gasteiger partial charge < -0.3 is 10.2 Å². The lowest BCUT2D eigenvalue weighted by Gasteiger charge is -2.25. The molecule has 2 fully saturated rings. The largest absolute Gasteiger partial charge is 0.315 e. The van der Waals surface area contributed by atoms with Crippen molar-refractivity contribution < 1.29 is 4.79 Å². The van der Waals surface area contributed by atoms with E-state index in [1.165, 1.54) is 6.42 Å². The van der Waals surface area contributed by atoms with Crippen LogP contribution in [0.1, 0.15) is 24.8 Å². The Morgan fingerprint density at radius 2 is 2.11 bits per heavy atom. The van der Waals surface area contributed by atoms with E-state index in [0.717, 1.165) is 18.5 Å². The Balaban J connectivity index is 1.74. The molecule has 19 heavy (non-hydrogen) atoms. The number of benzene rings is 1. The van der Waals surface area contributed by atoms with Crippen LogP contribution in [0.25, 0.3) is 0 Å². The van der Waals surface area contributed by atoms with Crippen LogP contribution in [0.3, 0.4) is 0 Å². The Morgan fingerprint density at radius 3 is 2.63 bits per heavy atom. The smallest absolute Gasteiger partial charge is 0.231 e. The molecule has 1 amide bonds.